The molecule has 2 unspecified atom stereocenters. The summed E-state index contributed by atoms with van der Waals surface area (Å²) in [5, 5.41) is 3.96. The molecule has 0 fully saturated rings. The third-order valence-electron chi connectivity index (χ3n) is 3.42. The van der Waals surface area contributed by atoms with Gasteiger partial charge in [-0.2, -0.15) is 0 Å². The first-order valence-corrected chi connectivity index (χ1v) is 6.48. The van der Waals surface area contributed by atoms with Gasteiger partial charge < -0.3 is 11.1 Å². The molecule has 2 aromatic rings. The van der Waals surface area contributed by atoms with Crippen LogP contribution in [0.3, 0.4) is 0 Å². The Hall–Kier alpha value is -1.94. The average molecular weight is 257 g/mol. The largest absolute Gasteiger partial charge is 0.348 e. The van der Waals surface area contributed by atoms with Gasteiger partial charge in [-0.25, -0.2) is 4.98 Å². The van der Waals surface area contributed by atoms with Crippen molar-refractivity contribution < 1.29 is 4.79 Å². The highest BCUT2D eigenvalue weighted by Crippen LogP contribution is 2.12. The molecular weight excluding hydrogens is 238 g/mol. The number of carbonyl (C=O) groups is 1. The molecule has 4 heteroatoms. The molecule has 0 saturated carbocycles. The fourth-order valence-corrected chi connectivity index (χ4v) is 1.82. The zero-order valence-electron chi connectivity index (χ0n) is 11.3. The summed E-state index contributed by atoms with van der Waals surface area (Å²) >= 11 is 0. The van der Waals surface area contributed by atoms with Gasteiger partial charge in [0.05, 0.1) is 5.52 Å². The lowest BCUT2D eigenvalue weighted by Gasteiger charge is -2.19. The highest BCUT2D eigenvalue weighted by molar-refractivity contribution is 5.95. The molecule has 2 rings (SSSR count). The summed E-state index contributed by atoms with van der Waals surface area (Å²) in [6.07, 6.45) is 0. The molecule has 0 saturated heterocycles. The van der Waals surface area contributed by atoms with E-state index in [0.717, 1.165) is 10.9 Å². The van der Waals surface area contributed by atoms with Crippen LogP contribution in [0, 0.1) is 5.92 Å². The first-order valence-electron chi connectivity index (χ1n) is 6.48. The molecule has 0 bridgehead atoms. The van der Waals surface area contributed by atoms with E-state index in [-0.39, 0.29) is 17.9 Å². The van der Waals surface area contributed by atoms with Gasteiger partial charge >= 0.3 is 0 Å². The first kappa shape index (κ1) is 13.5. The summed E-state index contributed by atoms with van der Waals surface area (Å²) in [7, 11) is 0. The van der Waals surface area contributed by atoms with E-state index in [1.54, 1.807) is 6.07 Å². The standard InChI is InChI=1S/C15H19N3O/c1-10(9-16)11(2)17-15(19)14-8-7-12-5-3-4-6-13(12)18-14/h3-8,10-11H,9,16H2,1-2H3,(H,17,19). The SMILES string of the molecule is CC(CN)C(C)NC(=O)c1ccc2ccccc2n1. The van der Waals surface area contributed by atoms with Crippen LogP contribution in [-0.4, -0.2) is 23.5 Å². The van der Waals surface area contributed by atoms with E-state index in [1.807, 2.05) is 44.2 Å². The van der Waals surface area contributed by atoms with Gasteiger partial charge in [0, 0.05) is 11.4 Å². The van der Waals surface area contributed by atoms with Crippen molar-refractivity contribution >= 4 is 16.8 Å². The molecule has 19 heavy (non-hydrogen) atoms. The summed E-state index contributed by atoms with van der Waals surface area (Å²) < 4.78 is 0. The fraction of sp³-hybridized carbons (Fsp3) is 0.333. The van der Waals surface area contributed by atoms with Crippen LogP contribution in [0.2, 0.25) is 0 Å². The maximum absolute atomic E-state index is 12.1. The van der Waals surface area contributed by atoms with Gasteiger partial charge in [0.25, 0.3) is 5.91 Å². The lowest BCUT2D eigenvalue weighted by molar-refractivity contribution is 0.0925. The minimum absolute atomic E-state index is 0.0331. The normalized spacial score (nSPS) is 14.1. The maximum Gasteiger partial charge on any atom is 0.270 e. The van der Waals surface area contributed by atoms with Crippen molar-refractivity contribution in [3.8, 4) is 0 Å². The molecular formula is C15H19N3O. The van der Waals surface area contributed by atoms with Crippen LogP contribution in [0.4, 0.5) is 0 Å². The lowest BCUT2D eigenvalue weighted by Crippen LogP contribution is -2.40. The van der Waals surface area contributed by atoms with Gasteiger partial charge in [-0.05, 0) is 31.5 Å². The van der Waals surface area contributed by atoms with E-state index >= 15 is 0 Å². The van der Waals surface area contributed by atoms with E-state index in [4.69, 9.17) is 5.73 Å². The monoisotopic (exact) mass is 257 g/mol. The number of amides is 1. The Balaban J connectivity index is 2.17. The first-order chi connectivity index (χ1) is 9.11. The quantitative estimate of drug-likeness (QED) is 0.879. The number of hydrogen-bond acceptors (Lipinski definition) is 3. The molecule has 100 valence electrons. The van der Waals surface area contributed by atoms with Crippen LogP contribution in [0.1, 0.15) is 24.3 Å². The van der Waals surface area contributed by atoms with Crippen LogP contribution in [0.5, 0.6) is 0 Å². The minimum Gasteiger partial charge on any atom is -0.348 e. The summed E-state index contributed by atoms with van der Waals surface area (Å²) in [4.78, 5) is 16.5. The Morgan fingerprint density at radius 3 is 2.74 bits per heavy atom. The summed E-state index contributed by atoms with van der Waals surface area (Å²) in [5.74, 6) is 0.0861. The fourth-order valence-electron chi connectivity index (χ4n) is 1.82. The molecule has 1 aromatic carbocycles. The number of fused-ring (bicyclic) bond motifs is 1. The molecule has 0 aliphatic rings. The van der Waals surface area contributed by atoms with Crippen molar-refractivity contribution in [2.75, 3.05) is 6.54 Å². The molecule has 0 radical (unpaired) electrons. The van der Waals surface area contributed by atoms with Crippen LogP contribution in [-0.2, 0) is 0 Å². The van der Waals surface area contributed by atoms with Crippen molar-refractivity contribution in [3.05, 3.63) is 42.1 Å². The number of nitrogens with one attached hydrogen (secondary N) is 1. The molecule has 0 aliphatic carbocycles. The van der Waals surface area contributed by atoms with Gasteiger partial charge in [0.1, 0.15) is 5.69 Å². The number of rotatable bonds is 4. The highest BCUT2D eigenvalue weighted by atomic mass is 16.1. The van der Waals surface area contributed by atoms with E-state index in [2.05, 4.69) is 10.3 Å². The maximum atomic E-state index is 12.1. The molecule has 2 atom stereocenters. The third kappa shape index (κ3) is 3.09. The number of pyridine rings is 1. The van der Waals surface area contributed by atoms with Gasteiger partial charge in [-0.1, -0.05) is 31.2 Å². The van der Waals surface area contributed by atoms with Crippen molar-refractivity contribution in [1.82, 2.24) is 10.3 Å². The Labute approximate surface area is 113 Å². The smallest absolute Gasteiger partial charge is 0.270 e. The number of benzene rings is 1. The van der Waals surface area contributed by atoms with Crippen molar-refractivity contribution in [2.24, 2.45) is 11.7 Å². The Kier molecular flexibility index (Phi) is 4.12. The van der Waals surface area contributed by atoms with Gasteiger partial charge in [-0.15, -0.1) is 0 Å². The molecule has 1 aromatic heterocycles. The zero-order valence-corrected chi connectivity index (χ0v) is 11.3. The second-order valence-electron chi connectivity index (χ2n) is 4.86. The second kappa shape index (κ2) is 5.80. The van der Waals surface area contributed by atoms with Crippen LogP contribution in [0.15, 0.2) is 36.4 Å². The molecule has 1 amide bonds. The topological polar surface area (TPSA) is 68.0 Å². The van der Waals surface area contributed by atoms with E-state index in [1.165, 1.54) is 0 Å². The zero-order chi connectivity index (χ0) is 13.8. The number of nitrogens with zero attached hydrogens (tertiary/aromatic N) is 1. The van der Waals surface area contributed by atoms with Gasteiger partial charge in [0.15, 0.2) is 0 Å². The number of carbonyl (C=O) groups excluding carboxylic acids is 1. The summed E-state index contributed by atoms with van der Waals surface area (Å²) in [6, 6.07) is 11.4. The van der Waals surface area contributed by atoms with E-state index < -0.39 is 0 Å². The average Bonchev–Trinajstić information content (AvgIpc) is 2.45. The highest BCUT2D eigenvalue weighted by Gasteiger charge is 2.15. The van der Waals surface area contributed by atoms with Crippen LogP contribution < -0.4 is 11.1 Å². The Morgan fingerprint density at radius 1 is 1.26 bits per heavy atom. The number of aromatic nitrogens is 1. The predicted octanol–water partition coefficient (Wildman–Crippen LogP) is 1.95. The van der Waals surface area contributed by atoms with Gasteiger partial charge in [0.2, 0.25) is 0 Å². The number of nitrogens with two attached hydrogens (primary N) is 1. The minimum atomic E-state index is -0.154. The van der Waals surface area contributed by atoms with E-state index in [9.17, 15) is 4.79 Å². The molecule has 4 nitrogen and oxygen atoms in total. The molecule has 0 spiro atoms. The third-order valence-corrected chi connectivity index (χ3v) is 3.42. The molecule has 3 N–H and O–H groups in total. The van der Waals surface area contributed by atoms with Crippen LogP contribution in [0.25, 0.3) is 10.9 Å². The Bertz CT molecular complexity index is 582. The Morgan fingerprint density at radius 2 is 2.00 bits per heavy atom. The predicted molar refractivity (Wildman–Crippen MR) is 76.9 cm³/mol. The van der Waals surface area contributed by atoms with E-state index in [0.29, 0.717) is 12.2 Å². The number of hydrogen-bond donors (Lipinski definition) is 2. The summed E-state index contributed by atoms with van der Waals surface area (Å²) in [6.45, 7) is 4.52. The van der Waals surface area contributed by atoms with Crippen molar-refractivity contribution in [2.45, 2.75) is 19.9 Å². The molecule has 0 aliphatic heterocycles. The van der Waals surface area contributed by atoms with Gasteiger partial charge in [-0.3, -0.25) is 4.79 Å². The number of para-hydroxylation sites is 1. The second-order valence-corrected chi connectivity index (χ2v) is 4.86. The van der Waals surface area contributed by atoms with Crippen molar-refractivity contribution in [1.29, 1.82) is 0 Å². The summed E-state index contributed by atoms with van der Waals surface area (Å²) in [5.41, 5.74) is 6.86. The van der Waals surface area contributed by atoms with Crippen molar-refractivity contribution in [3.63, 3.8) is 0 Å². The molecule has 1 heterocycles. The lowest BCUT2D eigenvalue weighted by atomic mass is 10.0. The van der Waals surface area contributed by atoms with Crippen LogP contribution >= 0.6 is 0 Å².